The van der Waals surface area contributed by atoms with E-state index in [1.807, 2.05) is 0 Å². The largest absolute Gasteiger partial charge is 0.416 e. The van der Waals surface area contributed by atoms with Crippen LogP contribution in [0.5, 0.6) is 0 Å². The van der Waals surface area contributed by atoms with Crippen LogP contribution in [0.4, 0.5) is 13.2 Å². The van der Waals surface area contributed by atoms with E-state index in [0.29, 0.717) is 22.6 Å². The van der Waals surface area contributed by atoms with Gasteiger partial charge in [-0.05, 0) is 24.6 Å². The van der Waals surface area contributed by atoms with Gasteiger partial charge >= 0.3 is 11.9 Å². The molecule has 0 saturated carbocycles. The highest BCUT2D eigenvalue weighted by Gasteiger charge is 2.29. The van der Waals surface area contributed by atoms with Gasteiger partial charge in [-0.15, -0.1) is 10.2 Å². The Kier molecular flexibility index (Phi) is 5.45. The molecule has 1 aromatic carbocycles. The summed E-state index contributed by atoms with van der Waals surface area (Å²) < 4.78 is 44.2. The fraction of sp³-hybridized carbons (Fsp3) is 0.294. The van der Waals surface area contributed by atoms with E-state index < -0.39 is 23.0 Å². The lowest BCUT2D eigenvalue weighted by Gasteiger charge is -2.06. The third-order valence-electron chi connectivity index (χ3n) is 4.03. The summed E-state index contributed by atoms with van der Waals surface area (Å²) in [5, 5.41) is 7.98. The topological polar surface area (TPSA) is 93.8 Å². The molecule has 3 aromatic rings. The van der Waals surface area contributed by atoms with Crippen molar-refractivity contribution in [3.05, 3.63) is 73.4 Å². The lowest BCUT2D eigenvalue weighted by atomic mass is 10.1. The summed E-state index contributed by atoms with van der Waals surface area (Å²) in [6.07, 6.45) is -4.31. The third kappa shape index (κ3) is 4.35. The highest BCUT2D eigenvalue weighted by Crippen LogP contribution is 2.30. The van der Waals surface area contributed by atoms with E-state index in [2.05, 4.69) is 15.2 Å². The molecule has 0 saturated heterocycles. The lowest BCUT2D eigenvalue weighted by Crippen LogP contribution is -2.36. The van der Waals surface area contributed by atoms with E-state index in [9.17, 15) is 22.8 Å². The molecular weight excluding hydrogens is 397 g/mol. The number of hydrogen-bond acceptors (Lipinski definition) is 6. The monoisotopic (exact) mass is 412 g/mol. The van der Waals surface area contributed by atoms with E-state index >= 15 is 0 Å². The average Bonchev–Trinajstić information content (AvgIpc) is 3.09. The SMILES string of the molecule is Cc1[nH]c(=O)n(C)c(=O)c1Cc1nnc(SCc2ccc(C(F)(F)F)cc2)o1. The summed E-state index contributed by atoms with van der Waals surface area (Å²) in [4.78, 5) is 26.3. The van der Waals surface area contributed by atoms with Gasteiger partial charge in [-0.2, -0.15) is 13.2 Å². The Labute approximate surface area is 160 Å². The zero-order chi connectivity index (χ0) is 20.5. The second-order valence-corrected chi connectivity index (χ2v) is 6.95. The van der Waals surface area contributed by atoms with Gasteiger partial charge in [0.1, 0.15) is 0 Å². The van der Waals surface area contributed by atoms with E-state index in [1.165, 1.54) is 30.9 Å². The molecule has 0 atom stereocenters. The molecule has 2 heterocycles. The van der Waals surface area contributed by atoms with Crippen LogP contribution < -0.4 is 11.2 Å². The minimum absolute atomic E-state index is 0.0587. The van der Waals surface area contributed by atoms with Crippen molar-refractivity contribution in [2.75, 3.05) is 0 Å². The first-order chi connectivity index (χ1) is 13.1. The number of thioether (sulfide) groups is 1. The zero-order valence-corrected chi connectivity index (χ0v) is 15.6. The Balaban J connectivity index is 1.68. The van der Waals surface area contributed by atoms with Gasteiger partial charge in [-0.3, -0.25) is 9.36 Å². The highest BCUT2D eigenvalue weighted by atomic mass is 32.2. The molecule has 0 fully saturated rings. The fourth-order valence-electron chi connectivity index (χ4n) is 2.44. The maximum Gasteiger partial charge on any atom is 0.416 e. The van der Waals surface area contributed by atoms with Crippen LogP contribution >= 0.6 is 11.8 Å². The average molecular weight is 412 g/mol. The number of rotatable bonds is 5. The predicted molar refractivity (Wildman–Crippen MR) is 95.1 cm³/mol. The number of H-pyrrole nitrogens is 1. The van der Waals surface area contributed by atoms with Crippen molar-refractivity contribution in [2.24, 2.45) is 7.05 Å². The second-order valence-electron chi connectivity index (χ2n) is 6.02. The number of halogens is 3. The molecule has 7 nitrogen and oxygen atoms in total. The van der Waals surface area contributed by atoms with Crippen LogP contribution in [0.2, 0.25) is 0 Å². The lowest BCUT2D eigenvalue weighted by molar-refractivity contribution is -0.137. The van der Waals surface area contributed by atoms with Crippen molar-refractivity contribution in [3.63, 3.8) is 0 Å². The molecule has 2 aromatic heterocycles. The number of aryl methyl sites for hydroxylation is 1. The molecule has 28 heavy (non-hydrogen) atoms. The molecular formula is C17H15F3N4O3S. The summed E-state index contributed by atoms with van der Waals surface area (Å²) >= 11 is 1.17. The van der Waals surface area contributed by atoms with Crippen molar-refractivity contribution in [2.45, 2.75) is 30.5 Å². The molecule has 0 aliphatic carbocycles. The van der Waals surface area contributed by atoms with Crippen LogP contribution in [-0.4, -0.2) is 19.7 Å². The molecule has 3 rings (SSSR count). The number of aromatic nitrogens is 4. The highest BCUT2D eigenvalue weighted by molar-refractivity contribution is 7.98. The maximum atomic E-state index is 12.6. The Morgan fingerprint density at radius 1 is 1.18 bits per heavy atom. The van der Waals surface area contributed by atoms with Gasteiger partial charge in [0, 0.05) is 24.1 Å². The molecule has 148 valence electrons. The first-order valence-electron chi connectivity index (χ1n) is 8.05. The van der Waals surface area contributed by atoms with Gasteiger partial charge < -0.3 is 9.40 Å². The molecule has 0 unspecified atom stereocenters. The van der Waals surface area contributed by atoms with Gasteiger partial charge in [0.25, 0.3) is 10.8 Å². The van der Waals surface area contributed by atoms with Crippen LogP contribution in [0.1, 0.15) is 28.3 Å². The molecule has 0 bridgehead atoms. The molecule has 0 radical (unpaired) electrons. The number of nitrogens with zero attached hydrogens (tertiary/aromatic N) is 3. The first kappa shape index (κ1) is 19.9. The minimum atomic E-state index is -4.37. The van der Waals surface area contributed by atoms with Gasteiger partial charge in [0.15, 0.2) is 0 Å². The second kappa shape index (κ2) is 7.66. The quantitative estimate of drug-likeness (QED) is 0.648. The Bertz CT molecular complexity index is 1100. The molecule has 0 aliphatic heterocycles. The van der Waals surface area contributed by atoms with E-state index in [-0.39, 0.29) is 17.5 Å². The molecule has 0 aliphatic rings. The summed E-state index contributed by atoms with van der Waals surface area (Å²) in [7, 11) is 1.36. The fourth-order valence-corrected chi connectivity index (χ4v) is 3.17. The van der Waals surface area contributed by atoms with E-state index in [1.54, 1.807) is 6.92 Å². The van der Waals surface area contributed by atoms with Crippen LogP contribution in [-0.2, 0) is 25.4 Å². The smallest absolute Gasteiger partial charge is 0.416 e. The summed E-state index contributed by atoms with van der Waals surface area (Å²) in [6.45, 7) is 1.61. The number of nitrogens with one attached hydrogen (secondary N) is 1. The van der Waals surface area contributed by atoms with Crippen molar-refractivity contribution < 1.29 is 17.6 Å². The minimum Gasteiger partial charge on any atom is -0.416 e. The van der Waals surface area contributed by atoms with Crippen molar-refractivity contribution in [1.82, 2.24) is 19.7 Å². The van der Waals surface area contributed by atoms with E-state index in [0.717, 1.165) is 16.7 Å². The standard InChI is InChI=1S/C17H15F3N4O3S/c1-9-12(14(25)24(2)15(26)21-9)7-13-22-23-16(27-13)28-8-10-3-5-11(6-4-10)17(18,19)20/h3-6H,7-8H2,1-2H3,(H,21,26). The van der Waals surface area contributed by atoms with Crippen molar-refractivity contribution >= 4 is 11.8 Å². The molecule has 11 heteroatoms. The Hall–Kier alpha value is -2.82. The summed E-state index contributed by atoms with van der Waals surface area (Å²) in [5.74, 6) is 0.543. The Morgan fingerprint density at radius 2 is 1.86 bits per heavy atom. The van der Waals surface area contributed by atoms with Crippen molar-refractivity contribution in [1.29, 1.82) is 0 Å². The maximum absolute atomic E-state index is 12.6. The van der Waals surface area contributed by atoms with Gasteiger partial charge in [0.2, 0.25) is 5.89 Å². The van der Waals surface area contributed by atoms with Crippen LogP contribution in [0.15, 0.2) is 43.5 Å². The van der Waals surface area contributed by atoms with Gasteiger partial charge in [0.05, 0.1) is 12.0 Å². The molecule has 1 N–H and O–H groups in total. The van der Waals surface area contributed by atoms with Crippen LogP contribution in [0.3, 0.4) is 0 Å². The van der Waals surface area contributed by atoms with Crippen LogP contribution in [0, 0.1) is 6.92 Å². The Morgan fingerprint density at radius 3 is 2.50 bits per heavy atom. The molecule has 0 amide bonds. The summed E-state index contributed by atoms with van der Waals surface area (Å²) in [5.41, 5.74) is -0.236. The number of alkyl halides is 3. The number of benzene rings is 1. The van der Waals surface area contributed by atoms with Crippen LogP contribution in [0.25, 0.3) is 0 Å². The van der Waals surface area contributed by atoms with Gasteiger partial charge in [-0.25, -0.2) is 4.79 Å². The summed E-state index contributed by atoms with van der Waals surface area (Å²) in [6, 6.07) is 4.81. The number of aromatic amines is 1. The predicted octanol–water partition coefficient (Wildman–Crippen LogP) is 2.67. The molecule has 0 spiro atoms. The number of hydrogen-bond donors (Lipinski definition) is 1. The van der Waals surface area contributed by atoms with Crippen molar-refractivity contribution in [3.8, 4) is 0 Å². The zero-order valence-electron chi connectivity index (χ0n) is 14.8. The normalized spacial score (nSPS) is 11.8. The van der Waals surface area contributed by atoms with Gasteiger partial charge in [-0.1, -0.05) is 23.9 Å². The van der Waals surface area contributed by atoms with E-state index in [4.69, 9.17) is 4.42 Å². The first-order valence-corrected chi connectivity index (χ1v) is 9.04. The third-order valence-corrected chi connectivity index (χ3v) is 4.92.